The van der Waals surface area contributed by atoms with Crippen molar-refractivity contribution in [2.24, 2.45) is 0 Å². The van der Waals surface area contributed by atoms with Crippen LogP contribution >= 0.6 is 0 Å². The number of carbonyl (C=O) groups excluding carboxylic acids is 3. The Morgan fingerprint density at radius 3 is 2.45 bits per heavy atom. The van der Waals surface area contributed by atoms with E-state index in [4.69, 9.17) is 4.74 Å². The van der Waals surface area contributed by atoms with Crippen LogP contribution in [-0.2, 0) is 37.4 Å². The van der Waals surface area contributed by atoms with Crippen molar-refractivity contribution in [1.82, 2.24) is 5.32 Å². The summed E-state index contributed by atoms with van der Waals surface area (Å²) in [5.74, 6) is -1.14. The highest BCUT2D eigenvalue weighted by atomic mass is 16.5. The summed E-state index contributed by atoms with van der Waals surface area (Å²) in [6, 6.07) is 13.9. The van der Waals surface area contributed by atoms with Crippen LogP contribution in [0.3, 0.4) is 0 Å². The zero-order valence-electron chi connectivity index (χ0n) is 18.7. The summed E-state index contributed by atoms with van der Waals surface area (Å²) in [5, 5.41) is 5.64. The molecule has 7 nitrogen and oxygen atoms in total. The van der Waals surface area contributed by atoms with Crippen LogP contribution in [0.25, 0.3) is 0 Å². The second kappa shape index (κ2) is 8.98. The maximum atomic E-state index is 12.7. The van der Waals surface area contributed by atoms with Crippen LogP contribution in [0.4, 0.5) is 11.4 Å². The lowest BCUT2D eigenvalue weighted by molar-refractivity contribution is -0.136. The van der Waals surface area contributed by atoms with Crippen molar-refractivity contribution in [1.29, 1.82) is 0 Å². The minimum absolute atomic E-state index is 0.167. The van der Waals surface area contributed by atoms with E-state index in [0.29, 0.717) is 38.3 Å². The highest BCUT2D eigenvalue weighted by molar-refractivity contribution is 6.39. The van der Waals surface area contributed by atoms with Gasteiger partial charge in [-0.05, 0) is 60.9 Å². The van der Waals surface area contributed by atoms with Gasteiger partial charge in [0.1, 0.15) is 0 Å². The van der Waals surface area contributed by atoms with Gasteiger partial charge >= 0.3 is 11.8 Å². The van der Waals surface area contributed by atoms with Gasteiger partial charge in [0.05, 0.1) is 5.69 Å². The summed E-state index contributed by atoms with van der Waals surface area (Å²) < 4.78 is 5.55. The van der Waals surface area contributed by atoms with Gasteiger partial charge < -0.3 is 20.3 Å². The Bertz CT molecular complexity index is 1060. The molecule has 2 N–H and O–H groups in total. The van der Waals surface area contributed by atoms with Crippen molar-refractivity contribution in [3.63, 3.8) is 0 Å². The van der Waals surface area contributed by atoms with Gasteiger partial charge in [0.2, 0.25) is 5.91 Å². The number of anilines is 2. The van der Waals surface area contributed by atoms with E-state index in [1.807, 2.05) is 35.2 Å². The Labute approximate surface area is 193 Å². The number of carbonyl (C=O) groups is 3. The monoisotopic (exact) mass is 447 g/mol. The standard InChI is InChI=1S/C26H29N3O4/c30-22-9-8-19-16-21(15-18-5-4-12-29(22)23(18)19)28-25(32)24(31)27-17-26(10-13-33-14-11-26)20-6-2-1-3-7-20/h1-3,6-7,15-16H,4-5,8-14,17H2,(H,27,31)(H,28,32). The van der Waals surface area contributed by atoms with E-state index in [1.165, 1.54) is 0 Å². The first-order valence-corrected chi connectivity index (χ1v) is 11.7. The lowest BCUT2D eigenvalue weighted by Gasteiger charge is -2.37. The van der Waals surface area contributed by atoms with Gasteiger partial charge in [-0.25, -0.2) is 0 Å². The molecule has 0 atom stereocenters. The van der Waals surface area contributed by atoms with Gasteiger partial charge in [0.25, 0.3) is 0 Å². The van der Waals surface area contributed by atoms with E-state index in [1.54, 1.807) is 0 Å². The van der Waals surface area contributed by atoms with Crippen LogP contribution in [0.5, 0.6) is 0 Å². The average molecular weight is 448 g/mol. The van der Waals surface area contributed by atoms with Crippen LogP contribution in [0.1, 0.15) is 42.4 Å². The van der Waals surface area contributed by atoms with Crippen molar-refractivity contribution in [2.75, 3.05) is 36.5 Å². The molecular formula is C26H29N3O4. The Morgan fingerprint density at radius 1 is 0.970 bits per heavy atom. The van der Waals surface area contributed by atoms with Crippen molar-refractivity contribution in [2.45, 2.75) is 43.9 Å². The van der Waals surface area contributed by atoms with Crippen LogP contribution < -0.4 is 15.5 Å². The lowest BCUT2D eigenvalue weighted by Crippen LogP contribution is -2.47. The Hall–Kier alpha value is -3.19. The highest BCUT2D eigenvalue weighted by Gasteiger charge is 2.35. The van der Waals surface area contributed by atoms with Crippen molar-refractivity contribution in [3.05, 3.63) is 59.2 Å². The molecule has 3 aliphatic heterocycles. The number of hydrogen-bond acceptors (Lipinski definition) is 4. The van der Waals surface area contributed by atoms with E-state index in [2.05, 4.69) is 22.8 Å². The smallest absolute Gasteiger partial charge is 0.313 e. The van der Waals surface area contributed by atoms with E-state index < -0.39 is 11.8 Å². The molecule has 3 aliphatic rings. The molecule has 7 heteroatoms. The van der Waals surface area contributed by atoms with Crippen molar-refractivity contribution >= 4 is 29.1 Å². The molecule has 1 saturated heterocycles. The fourth-order valence-electron chi connectivity index (χ4n) is 5.36. The maximum absolute atomic E-state index is 12.7. The first-order valence-electron chi connectivity index (χ1n) is 11.7. The quantitative estimate of drug-likeness (QED) is 0.706. The number of nitrogens with one attached hydrogen (secondary N) is 2. The molecule has 0 aliphatic carbocycles. The second-order valence-corrected chi connectivity index (χ2v) is 9.19. The Morgan fingerprint density at radius 2 is 1.70 bits per heavy atom. The van der Waals surface area contributed by atoms with E-state index in [-0.39, 0.29) is 11.3 Å². The first-order chi connectivity index (χ1) is 16.1. The van der Waals surface area contributed by atoms with Gasteiger partial charge in [0, 0.05) is 43.8 Å². The molecule has 2 aromatic rings. The number of hydrogen-bond donors (Lipinski definition) is 2. The predicted molar refractivity (Wildman–Crippen MR) is 125 cm³/mol. The molecule has 3 amide bonds. The van der Waals surface area contributed by atoms with Gasteiger partial charge in [0.15, 0.2) is 0 Å². The first kappa shape index (κ1) is 21.6. The molecule has 0 aromatic heterocycles. The summed E-state index contributed by atoms with van der Waals surface area (Å²) in [7, 11) is 0. The third-order valence-electron chi connectivity index (χ3n) is 7.16. The molecule has 0 spiro atoms. The lowest BCUT2D eigenvalue weighted by atomic mass is 9.74. The molecule has 0 saturated carbocycles. The fraction of sp³-hybridized carbons (Fsp3) is 0.423. The van der Waals surface area contributed by atoms with E-state index in [0.717, 1.165) is 54.6 Å². The summed E-state index contributed by atoms with van der Waals surface area (Å²) >= 11 is 0. The molecule has 1 fully saturated rings. The van der Waals surface area contributed by atoms with Crippen LogP contribution in [0, 0.1) is 0 Å². The summed E-state index contributed by atoms with van der Waals surface area (Å²) in [4.78, 5) is 39.5. The predicted octanol–water partition coefficient (Wildman–Crippen LogP) is 2.72. The number of benzene rings is 2. The maximum Gasteiger partial charge on any atom is 0.313 e. The zero-order valence-corrected chi connectivity index (χ0v) is 18.7. The van der Waals surface area contributed by atoms with Crippen LogP contribution in [0.2, 0.25) is 0 Å². The molecule has 3 heterocycles. The third-order valence-corrected chi connectivity index (χ3v) is 7.16. The van der Waals surface area contributed by atoms with Gasteiger partial charge in [-0.3, -0.25) is 14.4 Å². The molecule has 0 radical (unpaired) electrons. The van der Waals surface area contributed by atoms with Crippen molar-refractivity contribution in [3.8, 4) is 0 Å². The SMILES string of the molecule is O=C(NCC1(c2ccccc2)CCOCC1)C(=O)Nc1cc2c3c(c1)CCC(=O)N3CCC2. The molecule has 5 rings (SSSR count). The number of rotatable bonds is 4. The molecule has 0 unspecified atom stereocenters. The number of ether oxygens (including phenoxy) is 1. The average Bonchev–Trinajstić information content (AvgIpc) is 2.86. The molecule has 33 heavy (non-hydrogen) atoms. The summed E-state index contributed by atoms with van der Waals surface area (Å²) in [6.07, 6.45) is 4.50. The zero-order chi connectivity index (χ0) is 22.8. The Kier molecular flexibility index (Phi) is 5.89. The van der Waals surface area contributed by atoms with E-state index >= 15 is 0 Å². The second-order valence-electron chi connectivity index (χ2n) is 9.19. The summed E-state index contributed by atoms with van der Waals surface area (Å²) in [5.41, 5.74) is 4.66. The fourth-order valence-corrected chi connectivity index (χ4v) is 5.36. The summed E-state index contributed by atoms with van der Waals surface area (Å²) in [6.45, 7) is 2.41. The topological polar surface area (TPSA) is 87.7 Å². The third kappa shape index (κ3) is 4.25. The van der Waals surface area contributed by atoms with Gasteiger partial charge in [-0.1, -0.05) is 30.3 Å². The van der Waals surface area contributed by atoms with Crippen LogP contribution in [0.15, 0.2) is 42.5 Å². The normalized spacial score (nSPS) is 18.9. The molecule has 172 valence electrons. The minimum atomic E-state index is -0.669. The molecular weight excluding hydrogens is 418 g/mol. The minimum Gasteiger partial charge on any atom is -0.381 e. The number of aryl methyl sites for hydroxylation is 2. The highest BCUT2D eigenvalue weighted by Crippen LogP contribution is 2.38. The molecule has 0 bridgehead atoms. The van der Waals surface area contributed by atoms with Gasteiger partial charge in [-0.2, -0.15) is 0 Å². The number of amides is 3. The van der Waals surface area contributed by atoms with Crippen molar-refractivity contribution < 1.29 is 19.1 Å². The molecule has 2 aromatic carbocycles. The van der Waals surface area contributed by atoms with Crippen LogP contribution in [-0.4, -0.2) is 44.0 Å². The van der Waals surface area contributed by atoms with Gasteiger partial charge in [-0.15, -0.1) is 0 Å². The largest absolute Gasteiger partial charge is 0.381 e. The number of nitrogens with zero attached hydrogens (tertiary/aromatic N) is 1. The van der Waals surface area contributed by atoms with E-state index in [9.17, 15) is 14.4 Å². The Balaban J connectivity index is 1.28.